The fourth-order valence-corrected chi connectivity index (χ4v) is 3.65. The predicted octanol–water partition coefficient (Wildman–Crippen LogP) is 2.18. The van der Waals surface area contributed by atoms with Gasteiger partial charge in [-0.3, -0.25) is 0 Å². The smallest absolute Gasteiger partial charge is 0.135 e. The SMILES string of the molecule is CCOC(OCC)[SiH2]C(C)[CH]C(C)C. The van der Waals surface area contributed by atoms with E-state index in [1.54, 1.807) is 0 Å². The normalized spacial score (nSPS) is 14.8. The summed E-state index contributed by atoms with van der Waals surface area (Å²) in [6.07, 6.45) is 2.40. The van der Waals surface area contributed by atoms with Crippen LogP contribution in [0.5, 0.6) is 0 Å². The van der Waals surface area contributed by atoms with Crippen molar-refractivity contribution in [3.05, 3.63) is 6.42 Å². The molecular weight excluding hydrogens is 192 g/mol. The second kappa shape index (κ2) is 8.45. The zero-order valence-electron chi connectivity index (χ0n) is 10.2. The number of hydrogen-bond donors (Lipinski definition) is 0. The topological polar surface area (TPSA) is 18.5 Å². The minimum absolute atomic E-state index is 0.106. The molecule has 3 heteroatoms. The third-order valence-corrected chi connectivity index (χ3v) is 3.85. The maximum atomic E-state index is 5.55. The Hall–Kier alpha value is 0.137. The summed E-state index contributed by atoms with van der Waals surface area (Å²) in [4.78, 5) is 0. The first-order chi connectivity index (χ1) is 6.60. The molecule has 0 fully saturated rings. The molecule has 14 heavy (non-hydrogen) atoms. The Morgan fingerprint density at radius 2 is 1.57 bits per heavy atom. The minimum atomic E-state index is -0.315. The van der Waals surface area contributed by atoms with Gasteiger partial charge in [-0.05, 0) is 31.7 Å². The molecule has 0 spiro atoms. The van der Waals surface area contributed by atoms with E-state index >= 15 is 0 Å². The molecule has 0 heterocycles. The van der Waals surface area contributed by atoms with Crippen molar-refractivity contribution in [1.82, 2.24) is 0 Å². The summed E-state index contributed by atoms with van der Waals surface area (Å²) < 4.78 is 11.1. The van der Waals surface area contributed by atoms with Gasteiger partial charge in [-0.15, -0.1) is 0 Å². The van der Waals surface area contributed by atoms with Crippen LogP contribution in [0, 0.1) is 12.3 Å². The lowest BCUT2D eigenvalue weighted by atomic mass is 10.1. The molecule has 0 aromatic carbocycles. The standard InChI is InChI=1S/C11H25O2Si/c1-6-12-11(13-7-2)14-10(5)8-9(3)4/h8-11H,6-7,14H2,1-5H3. The van der Waals surface area contributed by atoms with Gasteiger partial charge in [-0.25, -0.2) is 0 Å². The van der Waals surface area contributed by atoms with Crippen molar-refractivity contribution in [1.29, 1.82) is 0 Å². The van der Waals surface area contributed by atoms with E-state index in [1.165, 1.54) is 0 Å². The third-order valence-electron chi connectivity index (χ3n) is 1.98. The zero-order chi connectivity index (χ0) is 11.0. The van der Waals surface area contributed by atoms with E-state index in [1.807, 2.05) is 13.8 Å². The molecule has 0 aromatic rings. The van der Waals surface area contributed by atoms with E-state index in [0.29, 0.717) is 11.5 Å². The van der Waals surface area contributed by atoms with E-state index in [9.17, 15) is 0 Å². The molecule has 0 bridgehead atoms. The highest BCUT2D eigenvalue weighted by Crippen LogP contribution is 2.16. The van der Waals surface area contributed by atoms with Gasteiger partial charge in [0.1, 0.15) is 5.91 Å². The van der Waals surface area contributed by atoms with Crippen molar-refractivity contribution in [2.45, 2.75) is 46.1 Å². The van der Waals surface area contributed by atoms with Crippen molar-refractivity contribution >= 4 is 9.52 Å². The summed E-state index contributed by atoms with van der Waals surface area (Å²) >= 11 is 0. The van der Waals surface area contributed by atoms with Crippen LogP contribution in [0.25, 0.3) is 0 Å². The van der Waals surface area contributed by atoms with Crippen molar-refractivity contribution < 1.29 is 9.47 Å². The third kappa shape index (κ3) is 7.53. The highest BCUT2D eigenvalue weighted by molar-refractivity contribution is 6.39. The highest BCUT2D eigenvalue weighted by Gasteiger charge is 2.15. The average Bonchev–Trinajstić information content (AvgIpc) is 2.03. The molecule has 85 valence electrons. The molecule has 0 N–H and O–H groups in total. The quantitative estimate of drug-likeness (QED) is 0.458. The van der Waals surface area contributed by atoms with Crippen LogP contribution in [0.2, 0.25) is 5.54 Å². The number of rotatable bonds is 8. The van der Waals surface area contributed by atoms with E-state index in [2.05, 4.69) is 27.2 Å². The minimum Gasteiger partial charge on any atom is -0.357 e. The van der Waals surface area contributed by atoms with Crippen molar-refractivity contribution in [3.8, 4) is 0 Å². The van der Waals surface area contributed by atoms with Crippen molar-refractivity contribution in [2.24, 2.45) is 5.92 Å². The second-order valence-electron chi connectivity index (χ2n) is 3.99. The van der Waals surface area contributed by atoms with Crippen LogP contribution in [0.3, 0.4) is 0 Å². The van der Waals surface area contributed by atoms with E-state index in [4.69, 9.17) is 9.47 Å². The van der Waals surface area contributed by atoms with Gasteiger partial charge in [-0.1, -0.05) is 20.8 Å². The maximum absolute atomic E-state index is 5.55. The lowest BCUT2D eigenvalue weighted by Crippen LogP contribution is -2.27. The molecule has 1 radical (unpaired) electrons. The zero-order valence-corrected chi connectivity index (χ0v) is 11.7. The van der Waals surface area contributed by atoms with Gasteiger partial charge >= 0.3 is 0 Å². The van der Waals surface area contributed by atoms with Crippen LogP contribution in [-0.2, 0) is 9.47 Å². The van der Waals surface area contributed by atoms with Crippen LogP contribution in [0.15, 0.2) is 0 Å². The summed E-state index contributed by atoms with van der Waals surface area (Å²) in [5, 5.41) is 0. The predicted molar refractivity (Wildman–Crippen MR) is 64.1 cm³/mol. The first-order valence-electron chi connectivity index (χ1n) is 5.68. The van der Waals surface area contributed by atoms with E-state index in [-0.39, 0.29) is 15.4 Å². The lowest BCUT2D eigenvalue weighted by molar-refractivity contribution is -0.0831. The van der Waals surface area contributed by atoms with Gasteiger partial charge in [0.15, 0.2) is 0 Å². The van der Waals surface area contributed by atoms with E-state index < -0.39 is 0 Å². The first-order valence-corrected chi connectivity index (χ1v) is 7.31. The molecule has 0 rings (SSSR count). The Morgan fingerprint density at radius 1 is 1.07 bits per heavy atom. The molecule has 0 aliphatic heterocycles. The monoisotopic (exact) mass is 217 g/mol. The van der Waals surface area contributed by atoms with Gasteiger partial charge in [-0.2, -0.15) is 0 Å². The average molecular weight is 217 g/mol. The highest BCUT2D eigenvalue weighted by atomic mass is 28.2. The molecular formula is C11H25O2Si. The van der Waals surface area contributed by atoms with Crippen LogP contribution < -0.4 is 0 Å². The fraction of sp³-hybridized carbons (Fsp3) is 0.909. The Balaban J connectivity index is 3.76. The Bertz CT molecular complexity index is 122. The fourth-order valence-electron chi connectivity index (χ4n) is 1.60. The summed E-state index contributed by atoms with van der Waals surface area (Å²) in [6, 6.07) is 0. The molecule has 0 aromatic heterocycles. The second-order valence-corrected chi connectivity index (χ2v) is 6.42. The van der Waals surface area contributed by atoms with Crippen LogP contribution in [-0.4, -0.2) is 28.6 Å². The molecule has 0 saturated carbocycles. The maximum Gasteiger partial charge on any atom is 0.135 e. The summed E-state index contributed by atoms with van der Waals surface area (Å²) in [5.41, 5.74) is 0.693. The van der Waals surface area contributed by atoms with Gasteiger partial charge in [0.2, 0.25) is 0 Å². The molecule has 0 aliphatic carbocycles. The van der Waals surface area contributed by atoms with Gasteiger partial charge in [0.25, 0.3) is 0 Å². The molecule has 0 saturated heterocycles. The molecule has 0 amide bonds. The lowest BCUT2D eigenvalue weighted by Gasteiger charge is -2.21. The largest absolute Gasteiger partial charge is 0.357 e. The first kappa shape index (κ1) is 14.1. The summed E-state index contributed by atoms with van der Waals surface area (Å²) in [7, 11) is -0.315. The Kier molecular flexibility index (Phi) is 8.53. The molecule has 1 atom stereocenters. The van der Waals surface area contributed by atoms with Crippen molar-refractivity contribution in [2.75, 3.05) is 13.2 Å². The Labute approximate surface area is 91.2 Å². The summed E-state index contributed by atoms with van der Waals surface area (Å²) in [6.45, 7) is 12.3. The molecule has 0 aliphatic rings. The van der Waals surface area contributed by atoms with Crippen molar-refractivity contribution in [3.63, 3.8) is 0 Å². The number of hydrogen-bond acceptors (Lipinski definition) is 2. The number of ether oxygens (including phenoxy) is 2. The van der Waals surface area contributed by atoms with Gasteiger partial charge < -0.3 is 9.47 Å². The summed E-state index contributed by atoms with van der Waals surface area (Å²) in [5.74, 6) is 0.774. The van der Waals surface area contributed by atoms with E-state index in [0.717, 1.165) is 13.2 Å². The Morgan fingerprint density at radius 3 is 1.93 bits per heavy atom. The van der Waals surface area contributed by atoms with Crippen LogP contribution in [0.4, 0.5) is 0 Å². The molecule has 1 unspecified atom stereocenters. The van der Waals surface area contributed by atoms with Crippen LogP contribution >= 0.6 is 0 Å². The molecule has 2 nitrogen and oxygen atoms in total. The van der Waals surface area contributed by atoms with Gasteiger partial charge in [0, 0.05) is 13.2 Å². The van der Waals surface area contributed by atoms with Crippen LogP contribution in [0.1, 0.15) is 34.6 Å². The van der Waals surface area contributed by atoms with Gasteiger partial charge in [0.05, 0.1) is 9.52 Å².